The average molecular weight is 385 g/mol. The maximum Gasteiger partial charge on any atom is 0.214 e. The van der Waals surface area contributed by atoms with Gasteiger partial charge in [0.1, 0.15) is 17.5 Å². The van der Waals surface area contributed by atoms with E-state index in [4.69, 9.17) is 4.74 Å². The molecule has 0 amide bonds. The van der Waals surface area contributed by atoms with Crippen LogP contribution in [0.15, 0.2) is 24.5 Å². The molecule has 0 aliphatic carbocycles. The minimum atomic E-state index is -3.43. The molecule has 0 N–H and O–H groups in total. The topological polar surface area (TPSA) is 64.4 Å². The van der Waals surface area contributed by atoms with Crippen molar-refractivity contribution in [3.63, 3.8) is 0 Å². The summed E-state index contributed by atoms with van der Waals surface area (Å²) in [6.45, 7) is 2.07. The van der Waals surface area contributed by atoms with Gasteiger partial charge >= 0.3 is 0 Å². The number of rotatable bonds is 5. The summed E-state index contributed by atoms with van der Waals surface area (Å²) < 4.78 is 61.6. The van der Waals surface area contributed by atoms with E-state index in [-0.39, 0.29) is 42.3 Å². The minimum absolute atomic E-state index is 0.110. The summed E-state index contributed by atoms with van der Waals surface area (Å²) in [5, 5.41) is 0. The van der Waals surface area contributed by atoms with E-state index in [9.17, 15) is 17.2 Å². The lowest BCUT2D eigenvalue weighted by atomic mass is 10.0. The SMILES string of the molecule is Cc1ccc(F)c(-c2nccn2[C@@H]2COC[C@@H]2CS(=O)(=O)N(C)C)c1F. The van der Waals surface area contributed by atoms with Crippen molar-refractivity contribution in [1.29, 1.82) is 0 Å². The van der Waals surface area contributed by atoms with E-state index >= 15 is 0 Å². The predicted molar refractivity (Wildman–Crippen MR) is 93.1 cm³/mol. The molecule has 0 saturated carbocycles. The molecule has 3 rings (SSSR count). The molecule has 1 aliphatic heterocycles. The summed E-state index contributed by atoms with van der Waals surface area (Å²) in [5.41, 5.74) is 0.0986. The van der Waals surface area contributed by atoms with E-state index in [1.54, 1.807) is 17.7 Å². The van der Waals surface area contributed by atoms with Gasteiger partial charge in [-0.2, -0.15) is 0 Å². The number of aromatic nitrogens is 2. The summed E-state index contributed by atoms with van der Waals surface area (Å²) >= 11 is 0. The van der Waals surface area contributed by atoms with Crippen LogP contribution in [0.4, 0.5) is 8.78 Å². The number of sulfonamides is 1. The second-order valence-corrected chi connectivity index (χ2v) is 8.86. The number of halogens is 2. The Balaban J connectivity index is 2.00. The maximum absolute atomic E-state index is 14.5. The van der Waals surface area contributed by atoms with Gasteiger partial charge in [0.2, 0.25) is 10.0 Å². The fourth-order valence-electron chi connectivity index (χ4n) is 3.11. The largest absolute Gasteiger partial charge is 0.379 e. The van der Waals surface area contributed by atoms with Crippen LogP contribution >= 0.6 is 0 Å². The number of nitrogens with zero attached hydrogens (tertiary/aromatic N) is 3. The van der Waals surface area contributed by atoms with Crippen molar-refractivity contribution in [3.8, 4) is 11.4 Å². The Labute approximate surface area is 151 Å². The Morgan fingerprint density at radius 3 is 2.73 bits per heavy atom. The van der Waals surface area contributed by atoms with Crippen LogP contribution in [0.2, 0.25) is 0 Å². The van der Waals surface area contributed by atoms with Crippen LogP contribution in [-0.2, 0) is 14.8 Å². The molecule has 1 aromatic carbocycles. The normalized spacial score (nSPS) is 20.8. The highest BCUT2D eigenvalue weighted by molar-refractivity contribution is 7.89. The van der Waals surface area contributed by atoms with Gasteiger partial charge in [-0.15, -0.1) is 0 Å². The molecule has 9 heteroatoms. The van der Waals surface area contributed by atoms with Crippen LogP contribution in [0.1, 0.15) is 11.6 Å². The zero-order valence-corrected chi connectivity index (χ0v) is 15.6. The molecule has 26 heavy (non-hydrogen) atoms. The third-order valence-electron chi connectivity index (χ3n) is 4.68. The van der Waals surface area contributed by atoms with E-state index in [1.165, 1.54) is 32.4 Å². The second kappa shape index (κ2) is 7.05. The Hall–Kier alpha value is -1.84. The molecule has 2 heterocycles. The van der Waals surface area contributed by atoms with Gasteiger partial charge in [-0.25, -0.2) is 26.5 Å². The molecule has 0 bridgehead atoms. The Morgan fingerprint density at radius 1 is 1.31 bits per heavy atom. The first-order chi connectivity index (χ1) is 12.2. The number of ether oxygens (including phenoxy) is 1. The van der Waals surface area contributed by atoms with E-state index in [1.807, 2.05) is 0 Å². The molecule has 1 aliphatic rings. The van der Waals surface area contributed by atoms with E-state index in [2.05, 4.69) is 4.98 Å². The molecule has 1 fully saturated rings. The zero-order chi connectivity index (χ0) is 19.1. The lowest BCUT2D eigenvalue weighted by molar-refractivity contribution is 0.182. The lowest BCUT2D eigenvalue weighted by Gasteiger charge is -2.23. The van der Waals surface area contributed by atoms with Crippen molar-refractivity contribution in [2.45, 2.75) is 13.0 Å². The Bertz CT molecular complexity index is 912. The number of aryl methyl sites for hydroxylation is 1. The van der Waals surface area contributed by atoms with Gasteiger partial charge in [0.05, 0.1) is 30.6 Å². The van der Waals surface area contributed by atoms with Gasteiger partial charge in [-0.05, 0) is 18.6 Å². The van der Waals surface area contributed by atoms with Crippen molar-refractivity contribution in [3.05, 3.63) is 41.7 Å². The van der Waals surface area contributed by atoms with Crippen LogP contribution in [0, 0.1) is 24.5 Å². The summed E-state index contributed by atoms with van der Waals surface area (Å²) in [6, 6.07) is 2.19. The molecule has 0 radical (unpaired) electrons. The van der Waals surface area contributed by atoms with Crippen LogP contribution in [0.5, 0.6) is 0 Å². The summed E-state index contributed by atoms with van der Waals surface area (Å²) in [7, 11) is -0.490. The smallest absolute Gasteiger partial charge is 0.214 e. The van der Waals surface area contributed by atoms with Crippen molar-refractivity contribution in [1.82, 2.24) is 13.9 Å². The Morgan fingerprint density at radius 2 is 2.04 bits per heavy atom. The van der Waals surface area contributed by atoms with Crippen LogP contribution in [-0.4, -0.2) is 55.3 Å². The molecule has 1 saturated heterocycles. The third-order valence-corrected chi connectivity index (χ3v) is 6.64. The molecular formula is C17H21F2N3O3S. The summed E-state index contributed by atoms with van der Waals surface area (Å²) in [5.74, 6) is -1.70. The number of hydrogen-bond donors (Lipinski definition) is 0. The monoisotopic (exact) mass is 385 g/mol. The van der Waals surface area contributed by atoms with Gasteiger partial charge in [-0.1, -0.05) is 6.07 Å². The molecule has 2 atom stereocenters. The summed E-state index contributed by atoms with van der Waals surface area (Å²) in [4.78, 5) is 4.13. The standard InChI is InChI=1S/C17H21F2N3O3S/c1-11-4-5-13(18)15(16(11)19)17-20-6-7-22(17)14-9-25-8-12(14)10-26(23,24)21(2)3/h4-7,12,14H,8-10H2,1-3H3/t12-,14-/m1/s1. The van der Waals surface area contributed by atoms with Crippen molar-refractivity contribution >= 4 is 10.0 Å². The van der Waals surface area contributed by atoms with Gasteiger partial charge in [0, 0.05) is 32.4 Å². The third kappa shape index (κ3) is 3.38. The highest BCUT2D eigenvalue weighted by Gasteiger charge is 2.36. The van der Waals surface area contributed by atoms with E-state index in [0.717, 1.165) is 4.31 Å². The van der Waals surface area contributed by atoms with Crippen molar-refractivity contribution < 1.29 is 21.9 Å². The molecular weight excluding hydrogens is 364 g/mol. The van der Waals surface area contributed by atoms with Crippen LogP contribution in [0.25, 0.3) is 11.4 Å². The molecule has 0 spiro atoms. The highest BCUT2D eigenvalue weighted by atomic mass is 32.2. The Kier molecular flexibility index (Phi) is 5.14. The maximum atomic E-state index is 14.5. The van der Waals surface area contributed by atoms with Gasteiger partial charge in [0.25, 0.3) is 0 Å². The zero-order valence-electron chi connectivity index (χ0n) is 14.8. The number of hydrogen-bond acceptors (Lipinski definition) is 4. The fourth-order valence-corrected chi connectivity index (χ4v) is 4.27. The predicted octanol–water partition coefficient (Wildman–Crippen LogP) is 2.22. The van der Waals surface area contributed by atoms with Gasteiger partial charge < -0.3 is 9.30 Å². The minimum Gasteiger partial charge on any atom is -0.379 e. The first-order valence-corrected chi connectivity index (χ1v) is 9.79. The van der Waals surface area contributed by atoms with Crippen LogP contribution in [0.3, 0.4) is 0 Å². The first-order valence-electron chi connectivity index (χ1n) is 8.18. The van der Waals surface area contributed by atoms with E-state index in [0.29, 0.717) is 5.56 Å². The van der Waals surface area contributed by atoms with Crippen LogP contribution < -0.4 is 0 Å². The molecule has 1 aromatic heterocycles. The molecule has 2 aromatic rings. The fraction of sp³-hybridized carbons (Fsp3) is 0.471. The first kappa shape index (κ1) is 18.9. The lowest BCUT2D eigenvalue weighted by Crippen LogP contribution is -2.32. The number of benzene rings is 1. The molecule has 6 nitrogen and oxygen atoms in total. The van der Waals surface area contributed by atoms with Gasteiger partial charge in [0.15, 0.2) is 0 Å². The number of imidazole rings is 1. The average Bonchev–Trinajstić information content (AvgIpc) is 3.20. The second-order valence-electron chi connectivity index (χ2n) is 6.64. The molecule has 0 unspecified atom stereocenters. The van der Waals surface area contributed by atoms with Crippen molar-refractivity contribution in [2.75, 3.05) is 33.1 Å². The van der Waals surface area contributed by atoms with E-state index < -0.39 is 21.7 Å². The highest BCUT2D eigenvalue weighted by Crippen LogP contribution is 2.34. The summed E-state index contributed by atoms with van der Waals surface area (Å²) in [6.07, 6.45) is 3.05. The quantitative estimate of drug-likeness (QED) is 0.792. The van der Waals surface area contributed by atoms with Gasteiger partial charge in [-0.3, -0.25) is 0 Å². The molecule has 142 valence electrons. The van der Waals surface area contributed by atoms with Crippen molar-refractivity contribution in [2.24, 2.45) is 5.92 Å².